The van der Waals surface area contributed by atoms with E-state index >= 15 is 0 Å². The molecule has 0 aliphatic heterocycles. The van der Waals surface area contributed by atoms with Gasteiger partial charge < -0.3 is 4.57 Å². The van der Waals surface area contributed by atoms with Gasteiger partial charge in [0.1, 0.15) is 0 Å². The number of aryl methyl sites for hydroxylation is 2. The van der Waals surface area contributed by atoms with Crippen LogP contribution in [0.2, 0.25) is 0 Å². The van der Waals surface area contributed by atoms with Gasteiger partial charge >= 0.3 is 6.18 Å². The lowest BCUT2D eigenvalue weighted by Gasteiger charge is -2.17. The average Bonchev–Trinajstić information content (AvgIpc) is 3.62. The lowest BCUT2D eigenvalue weighted by atomic mass is 9.96. The first-order valence-electron chi connectivity index (χ1n) is 20.1. The second-order valence-corrected chi connectivity index (χ2v) is 15.4. The van der Waals surface area contributed by atoms with Crippen molar-refractivity contribution in [1.29, 1.82) is 0 Å². The number of rotatable bonds is 7. The molecule has 0 N–H and O–H groups in total. The van der Waals surface area contributed by atoms with Crippen molar-refractivity contribution in [2.75, 3.05) is 0 Å². The van der Waals surface area contributed by atoms with E-state index in [0.717, 1.165) is 66.9 Å². The van der Waals surface area contributed by atoms with Crippen molar-refractivity contribution in [3.8, 4) is 73.2 Å². The first-order chi connectivity index (χ1) is 29.7. The van der Waals surface area contributed by atoms with Gasteiger partial charge in [0.15, 0.2) is 17.5 Å². The number of hydrogen-bond acceptors (Lipinski definition) is 3. The molecule has 61 heavy (non-hydrogen) atoms. The molecule has 294 valence electrons. The van der Waals surface area contributed by atoms with Crippen LogP contribution in [0, 0.1) is 13.8 Å². The van der Waals surface area contributed by atoms with Crippen molar-refractivity contribution < 1.29 is 13.2 Å². The minimum Gasteiger partial charge on any atom is -0.309 e. The fraction of sp³-hybridized carbons (Fsp3) is 0.0556. The topological polar surface area (TPSA) is 43.6 Å². The molecular weight excluding hydrogens is 762 g/mol. The summed E-state index contributed by atoms with van der Waals surface area (Å²) in [5.41, 5.74) is 11.8. The van der Waals surface area contributed by atoms with E-state index in [1.807, 2.05) is 78.9 Å². The van der Waals surface area contributed by atoms with Gasteiger partial charge in [-0.2, -0.15) is 13.2 Å². The highest BCUT2D eigenvalue weighted by atomic mass is 19.4. The first-order valence-corrected chi connectivity index (χ1v) is 20.1. The highest BCUT2D eigenvalue weighted by Crippen LogP contribution is 2.41. The van der Waals surface area contributed by atoms with E-state index in [4.69, 9.17) is 15.0 Å². The molecule has 0 aliphatic carbocycles. The van der Waals surface area contributed by atoms with Crippen molar-refractivity contribution in [3.05, 3.63) is 205 Å². The lowest BCUT2D eigenvalue weighted by molar-refractivity contribution is -0.137. The second-order valence-electron chi connectivity index (χ2n) is 15.4. The third-order valence-electron chi connectivity index (χ3n) is 11.2. The van der Waals surface area contributed by atoms with Crippen LogP contribution in [0.4, 0.5) is 13.2 Å². The smallest absolute Gasteiger partial charge is 0.309 e. The van der Waals surface area contributed by atoms with Crippen LogP contribution < -0.4 is 0 Å². The van der Waals surface area contributed by atoms with Crippen LogP contribution in [0.25, 0.3) is 95.0 Å². The Morgan fingerprint density at radius 1 is 0.377 bits per heavy atom. The molecule has 2 aromatic heterocycles. The zero-order valence-corrected chi connectivity index (χ0v) is 33.3. The van der Waals surface area contributed by atoms with Crippen molar-refractivity contribution in [2.45, 2.75) is 20.0 Å². The Balaban J connectivity index is 1.27. The second kappa shape index (κ2) is 15.2. The number of halogens is 3. The molecule has 0 saturated carbocycles. The number of aromatic nitrogens is 4. The molecule has 8 aromatic carbocycles. The minimum absolute atomic E-state index is 0.337. The van der Waals surface area contributed by atoms with Crippen LogP contribution in [0.5, 0.6) is 0 Å². The third-order valence-corrected chi connectivity index (χ3v) is 11.2. The molecule has 7 heteroatoms. The fourth-order valence-electron chi connectivity index (χ4n) is 8.05. The average molecular weight is 799 g/mol. The standard InChI is InChI=1S/C54H37F3N4/c1-34-16-20-36(21-17-34)40-24-27-46-47-28-25-41(37-22-18-35(2)19-23-37)32-50(47)61(49(46)31-40)44-26-29-45(42-14-9-15-43(30-42)54(55,56)57)48(33-44)53-59-51(38-10-5-3-6-11-38)58-52(60-53)39-12-7-4-8-13-39/h3-33H,1-2H3. The summed E-state index contributed by atoms with van der Waals surface area (Å²) < 4.78 is 45.0. The minimum atomic E-state index is -4.53. The molecule has 0 bridgehead atoms. The van der Waals surface area contributed by atoms with E-state index in [0.29, 0.717) is 34.2 Å². The summed E-state index contributed by atoms with van der Waals surface area (Å²) in [7, 11) is 0. The van der Waals surface area contributed by atoms with E-state index < -0.39 is 11.7 Å². The van der Waals surface area contributed by atoms with Gasteiger partial charge in [-0.1, -0.05) is 163 Å². The summed E-state index contributed by atoms with van der Waals surface area (Å²) in [6, 6.07) is 60.7. The lowest BCUT2D eigenvalue weighted by Crippen LogP contribution is -2.05. The van der Waals surface area contributed by atoms with Gasteiger partial charge in [0.05, 0.1) is 16.6 Å². The van der Waals surface area contributed by atoms with E-state index in [2.05, 4.69) is 103 Å². The Hall–Kier alpha value is -7.64. The molecule has 0 amide bonds. The van der Waals surface area contributed by atoms with Crippen LogP contribution in [0.15, 0.2) is 188 Å². The molecular formula is C54H37F3N4. The number of hydrogen-bond donors (Lipinski definition) is 0. The zero-order valence-electron chi connectivity index (χ0n) is 33.3. The largest absolute Gasteiger partial charge is 0.416 e. The van der Waals surface area contributed by atoms with Crippen LogP contribution in [-0.2, 0) is 6.18 Å². The van der Waals surface area contributed by atoms with E-state index in [-0.39, 0.29) is 0 Å². The highest BCUT2D eigenvalue weighted by Gasteiger charge is 2.31. The van der Waals surface area contributed by atoms with Gasteiger partial charge in [-0.25, -0.2) is 15.0 Å². The monoisotopic (exact) mass is 798 g/mol. The van der Waals surface area contributed by atoms with Crippen LogP contribution >= 0.6 is 0 Å². The maximum atomic E-state index is 14.2. The molecule has 0 aliphatic rings. The fourth-order valence-corrected chi connectivity index (χ4v) is 8.05. The Bertz CT molecular complexity index is 3070. The van der Waals surface area contributed by atoms with Crippen molar-refractivity contribution >= 4 is 21.8 Å². The van der Waals surface area contributed by atoms with Crippen molar-refractivity contribution in [3.63, 3.8) is 0 Å². The van der Waals surface area contributed by atoms with E-state index in [1.54, 1.807) is 6.07 Å². The van der Waals surface area contributed by atoms with Crippen molar-refractivity contribution in [1.82, 2.24) is 19.5 Å². The predicted octanol–water partition coefficient (Wildman–Crippen LogP) is 14.6. The number of fused-ring (bicyclic) bond motifs is 3. The summed E-state index contributed by atoms with van der Waals surface area (Å²) in [6.45, 7) is 4.16. The third kappa shape index (κ3) is 7.25. The molecule has 10 rings (SSSR count). The first kappa shape index (κ1) is 37.6. The van der Waals surface area contributed by atoms with Crippen LogP contribution in [-0.4, -0.2) is 19.5 Å². The number of benzene rings is 8. The number of nitrogens with zero attached hydrogens (tertiary/aromatic N) is 4. The molecule has 0 unspecified atom stereocenters. The zero-order chi connectivity index (χ0) is 41.7. The Morgan fingerprint density at radius 3 is 1.36 bits per heavy atom. The maximum absolute atomic E-state index is 14.2. The molecule has 4 nitrogen and oxygen atoms in total. The van der Waals surface area contributed by atoms with Gasteiger partial charge in [0.2, 0.25) is 0 Å². The summed E-state index contributed by atoms with van der Waals surface area (Å²) in [4.78, 5) is 15.1. The molecule has 2 heterocycles. The van der Waals surface area contributed by atoms with Crippen LogP contribution in [0.1, 0.15) is 16.7 Å². The summed E-state index contributed by atoms with van der Waals surface area (Å²) in [5, 5.41) is 2.14. The normalized spacial score (nSPS) is 11.7. The molecule has 0 spiro atoms. The molecule has 0 atom stereocenters. The molecule has 0 fully saturated rings. The van der Waals surface area contributed by atoms with Gasteiger partial charge in [0.25, 0.3) is 0 Å². The van der Waals surface area contributed by atoms with E-state index in [9.17, 15) is 13.2 Å². The van der Waals surface area contributed by atoms with E-state index in [1.165, 1.54) is 23.3 Å². The summed E-state index contributed by atoms with van der Waals surface area (Å²) >= 11 is 0. The van der Waals surface area contributed by atoms with Gasteiger partial charge in [-0.15, -0.1) is 0 Å². The Morgan fingerprint density at radius 2 is 0.852 bits per heavy atom. The predicted molar refractivity (Wildman–Crippen MR) is 241 cm³/mol. The summed E-state index contributed by atoms with van der Waals surface area (Å²) in [5.74, 6) is 1.24. The molecule has 0 radical (unpaired) electrons. The van der Waals surface area contributed by atoms with Gasteiger partial charge in [-0.3, -0.25) is 0 Å². The Kier molecular flexibility index (Phi) is 9.37. The molecule has 0 saturated heterocycles. The SMILES string of the molecule is Cc1ccc(-c2ccc3c4ccc(-c5ccc(C)cc5)cc4n(-c4ccc(-c5cccc(C(F)(F)F)c5)c(-c5nc(-c6ccccc6)nc(-c6ccccc6)n5)c4)c3c2)cc1. The van der Waals surface area contributed by atoms with Crippen molar-refractivity contribution in [2.24, 2.45) is 0 Å². The van der Waals surface area contributed by atoms with Crippen LogP contribution in [0.3, 0.4) is 0 Å². The van der Waals surface area contributed by atoms with Gasteiger partial charge in [-0.05, 0) is 83.6 Å². The highest BCUT2D eigenvalue weighted by molar-refractivity contribution is 6.11. The molecule has 10 aromatic rings. The van der Waals surface area contributed by atoms with Gasteiger partial charge in [0, 0.05) is 33.2 Å². The summed E-state index contributed by atoms with van der Waals surface area (Å²) in [6.07, 6.45) is -4.53. The maximum Gasteiger partial charge on any atom is 0.416 e. The number of alkyl halides is 3. The Labute approximate surface area is 351 Å². The quantitative estimate of drug-likeness (QED) is 0.161.